The van der Waals surface area contributed by atoms with E-state index in [0.717, 1.165) is 5.56 Å². The van der Waals surface area contributed by atoms with Crippen LogP contribution in [0.3, 0.4) is 0 Å². The van der Waals surface area contributed by atoms with Crippen LogP contribution in [0.25, 0.3) is 0 Å². The van der Waals surface area contributed by atoms with Gasteiger partial charge in [0, 0.05) is 18.4 Å². The molecule has 9 heteroatoms. The monoisotopic (exact) mass is 379 g/mol. The molecule has 0 aliphatic carbocycles. The van der Waals surface area contributed by atoms with E-state index < -0.39 is 25.3 Å². The van der Waals surface area contributed by atoms with Gasteiger partial charge in [-0.15, -0.1) is 0 Å². The molecule has 1 aromatic carbocycles. The molecule has 0 radical (unpaired) electrons. The lowest BCUT2D eigenvalue weighted by molar-refractivity contribution is -0.162. The van der Waals surface area contributed by atoms with Crippen molar-refractivity contribution in [3.05, 3.63) is 23.8 Å². The predicted molar refractivity (Wildman–Crippen MR) is 98.4 cm³/mol. The van der Waals surface area contributed by atoms with Crippen LogP contribution in [0.15, 0.2) is 18.2 Å². The van der Waals surface area contributed by atoms with Gasteiger partial charge in [-0.2, -0.15) is 0 Å². The van der Waals surface area contributed by atoms with Gasteiger partial charge in [0.1, 0.15) is 19.0 Å². The van der Waals surface area contributed by atoms with Crippen molar-refractivity contribution in [2.45, 2.75) is 39.4 Å². The van der Waals surface area contributed by atoms with Crippen molar-refractivity contribution >= 4 is 24.5 Å². The van der Waals surface area contributed by atoms with E-state index in [2.05, 4.69) is 0 Å². The van der Waals surface area contributed by atoms with Crippen LogP contribution in [0, 0.1) is 5.92 Å². The van der Waals surface area contributed by atoms with Gasteiger partial charge in [-0.05, 0) is 11.6 Å². The summed E-state index contributed by atoms with van der Waals surface area (Å²) in [6.45, 7) is 5.19. The Kier molecular flexibility index (Phi) is 7.64. The first-order valence-electron chi connectivity index (χ1n) is 9.02. The van der Waals surface area contributed by atoms with E-state index in [0.29, 0.717) is 11.2 Å². The van der Waals surface area contributed by atoms with Gasteiger partial charge in [0.25, 0.3) is 0 Å². The molecule has 1 aromatic rings. The summed E-state index contributed by atoms with van der Waals surface area (Å²) in [6.07, 6.45) is -0.972. The van der Waals surface area contributed by atoms with Crippen LogP contribution in [0.4, 0.5) is 0 Å². The number of esters is 2. The second-order valence-electron chi connectivity index (χ2n) is 6.53. The average molecular weight is 379 g/mol. The molecule has 148 valence electrons. The predicted octanol–water partition coefficient (Wildman–Crippen LogP) is 0.304. The molecule has 0 fully saturated rings. The third kappa shape index (κ3) is 5.44. The molecule has 2 atom stereocenters. The quantitative estimate of drug-likeness (QED) is 0.465. The second kappa shape index (κ2) is 9.73. The Labute approximate surface area is 159 Å². The number of ether oxygens (including phenoxy) is 3. The van der Waals surface area contributed by atoms with Crippen LogP contribution in [0.2, 0.25) is 0 Å². The van der Waals surface area contributed by atoms with Crippen molar-refractivity contribution in [3.8, 4) is 5.75 Å². The van der Waals surface area contributed by atoms with Gasteiger partial charge in [0.15, 0.2) is 6.10 Å². The maximum atomic E-state index is 11.7. The van der Waals surface area contributed by atoms with Crippen LogP contribution < -0.4 is 15.9 Å². The van der Waals surface area contributed by atoms with E-state index in [1.54, 1.807) is 32.9 Å². The number of benzene rings is 1. The summed E-state index contributed by atoms with van der Waals surface area (Å²) in [5.74, 6) is -0.688. The summed E-state index contributed by atoms with van der Waals surface area (Å²) in [5, 5.41) is 10.1. The minimum atomic E-state index is -1.14. The maximum Gasteiger partial charge on any atom is 0.495 e. The summed E-state index contributed by atoms with van der Waals surface area (Å²) in [7, 11) is -1.14. The first-order valence-corrected chi connectivity index (χ1v) is 9.02. The fourth-order valence-electron chi connectivity index (χ4n) is 2.62. The molecular formula is C18H26BNO7. The zero-order valence-electron chi connectivity index (χ0n) is 15.8. The molecule has 0 amide bonds. The molecular weight excluding hydrogens is 353 g/mol. The third-order valence-electron chi connectivity index (χ3n) is 4.10. The summed E-state index contributed by atoms with van der Waals surface area (Å²) in [6, 6.07) is 5.27. The van der Waals surface area contributed by atoms with Crippen molar-refractivity contribution in [2.24, 2.45) is 11.7 Å². The van der Waals surface area contributed by atoms with E-state index >= 15 is 0 Å². The Morgan fingerprint density at radius 2 is 2.07 bits per heavy atom. The van der Waals surface area contributed by atoms with Crippen molar-refractivity contribution < 1.29 is 33.5 Å². The lowest BCUT2D eigenvalue weighted by Gasteiger charge is -2.20. The number of fused-ring (bicyclic) bond motifs is 1. The summed E-state index contributed by atoms with van der Waals surface area (Å²) < 4.78 is 21.6. The highest BCUT2D eigenvalue weighted by Gasteiger charge is 2.37. The summed E-state index contributed by atoms with van der Waals surface area (Å²) >= 11 is 0. The Morgan fingerprint density at radius 1 is 1.33 bits per heavy atom. The topological polar surface area (TPSA) is 117 Å². The molecule has 1 aliphatic rings. The van der Waals surface area contributed by atoms with Crippen LogP contribution in [-0.2, 0) is 23.7 Å². The maximum absolute atomic E-state index is 11.7. The molecule has 27 heavy (non-hydrogen) atoms. The van der Waals surface area contributed by atoms with Crippen LogP contribution in [-0.4, -0.2) is 49.9 Å². The van der Waals surface area contributed by atoms with Gasteiger partial charge < -0.3 is 29.6 Å². The lowest BCUT2D eigenvalue weighted by Crippen LogP contribution is -2.34. The van der Waals surface area contributed by atoms with Crippen molar-refractivity contribution in [3.63, 3.8) is 0 Å². The Bertz CT molecular complexity index is 667. The Hall–Kier alpha value is -2.10. The van der Waals surface area contributed by atoms with Gasteiger partial charge >= 0.3 is 19.1 Å². The lowest BCUT2D eigenvalue weighted by atomic mass is 9.78. The molecule has 1 heterocycles. The van der Waals surface area contributed by atoms with Gasteiger partial charge in [0.05, 0.1) is 12.0 Å². The highest BCUT2D eigenvalue weighted by molar-refractivity contribution is 6.62. The summed E-state index contributed by atoms with van der Waals surface area (Å²) in [5.41, 5.74) is 6.93. The highest BCUT2D eigenvalue weighted by atomic mass is 16.6. The van der Waals surface area contributed by atoms with Crippen molar-refractivity contribution in [1.82, 2.24) is 0 Å². The molecule has 0 unspecified atom stereocenters. The third-order valence-corrected chi connectivity index (χ3v) is 4.10. The minimum absolute atomic E-state index is 0.0341. The number of carbonyl (C=O) groups is 2. The van der Waals surface area contributed by atoms with E-state index in [9.17, 15) is 14.6 Å². The molecule has 1 aliphatic heterocycles. The van der Waals surface area contributed by atoms with Crippen molar-refractivity contribution in [1.29, 1.82) is 0 Å². The SMILES string of the molecule is CCC(=O)O[C@H](COC(=O)C(C)C)COc1cccc2c1B(O)O[C@@H]2CN. The number of hydrogen-bond acceptors (Lipinski definition) is 8. The van der Waals surface area contributed by atoms with Gasteiger partial charge in [0.2, 0.25) is 0 Å². The normalized spacial score (nSPS) is 16.8. The van der Waals surface area contributed by atoms with E-state index in [-0.39, 0.29) is 38.1 Å². The fraction of sp³-hybridized carbons (Fsp3) is 0.556. The van der Waals surface area contributed by atoms with Gasteiger partial charge in [-0.3, -0.25) is 9.59 Å². The van der Waals surface area contributed by atoms with Crippen molar-refractivity contribution in [2.75, 3.05) is 19.8 Å². The van der Waals surface area contributed by atoms with E-state index in [4.69, 9.17) is 24.6 Å². The number of rotatable bonds is 9. The van der Waals surface area contributed by atoms with Crippen LogP contribution in [0.1, 0.15) is 38.9 Å². The number of hydrogen-bond donors (Lipinski definition) is 2. The first kappa shape index (κ1) is 21.2. The smallest absolute Gasteiger partial charge is 0.490 e. The highest BCUT2D eigenvalue weighted by Crippen LogP contribution is 2.26. The molecule has 0 saturated carbocycles. The Morgan fingerprint density at radius 3 is 2.70 bits per heavy atom. The molecule has 2 rings (SSSR count). The second-order valence-corrected chi connectivity index (χ2v) is 6.53. The molecule has 0 spiro atoms. The van der Waals surface area contributed by atoms with Crippen LogP contribution in [0.5, 0.6) is 5.75 Å². The molecule has 0 saturated heterocycles. The molecule has 3 N–H and O–H groups in total. The standard InChI is InChI=1S/C18H26BNO7/c1-4-16(21)26-12(10-25-18(22)11(2)3)9-24-14-7-5-6-13-15(8-20)27-19(23)17(13)14/h5-7,11-12,15,23H,4,8-10,20H2,1-3H3/t12-,15+/m0/s1. The van der Waals surface area contributed by atoms with Gasteiger partial charge in [-0.1, -0.05) is 32.9 Å². The fourth-order valence-corrected chi connectivity index (χ4v) is 2.62. The molecule has 0 bridgehead atoms. The Balaban J connectivity index is 2.07. The summed E-state index contributed by atoms with van der Waals surface area (Å²) in [4.78, 5) is 23.3. The van der Waals surface area contributed by atoms with Crippen LogP contribution >= 0.6 is 0 Å². The molecule has 0 aromatic heterocycles. The average Bonchev–Trinajstić information content (AvgIpc) is 2.99. The number of carbonyl (C=O) groups excluding carboxylic acids is 2. The largest absolute Gasteiger partial charge is 0.495 e. The van der Waals surface area contributed by atoms with Gasteiger partial charge in [-0.25, -0.2) is 0 Å². The zero-order chi connectivity index (χ0) is 20.0. The van der Waals surface area contributed by atoms with E-state index in [1.807, 2.05) is 6.07 Å². The zero-order valence-corrected chi connectivity index (χ0v) is 15.8. The minimum Gasteiger partial charge on any atom is -0.490 e. The first-order chi connectivity index (χ1) is 12.9. The molecule has 8 nitrogen and oxygen atoms in total. The number of nitrogens with two attached hydrogens (primary N) is 1. The van der Waals surface area contributed by atoms with E-state index in [1.165, 1.54) is 0 Å².